The van der Waals surface area contributed by atoms with E-state index in [1.807, 2.05) is 7.05 Å². The van der Waals surface area contributed by atoms with Gasteiger partial charge in [0.15, 0.2) is 0 Å². The van der Waals surface area contributed by atoms with Crippen LogP contribution in [0, 0.1) is 10.1 Å². The van der Waals surface area contributed by atoms with Gasteiger partial charge < -0.3 is 4.90 Å². The molecule has 19 heavy (non-hydrogen) atoms. The lowest BCUT2D eigenvalue weighted by Crippen LogP contribution is -2.23. The molecular formula is C13H17N3O3. The third-order valence-electron chi connectivity index (χ3n) is 3.17. The maximum atomic E-state index is 11.2. The van der Waals surface area contributed by atoms with Crippen molar-refractivity contribution in [3.8, 4) is 0 Å². The van der Waals surface area contributed by atoms with Crippen molar-refractivity contribution in [2.45, 2.75) is 6.42 Å². The van der Waals surface area contributed by atoms with E-state index in [0.717, 1.165) is 25.1 Å². The van der Waals surface area contributed by atoms with Crippen molar-refractivity contribution < 1.29 is 9.76 Å². The predicted octanol–water partition coefficient (Wildman–Crippen LogP) is 2.29. The highest BCUT2D eigenvalue weighted by Gasteiger charge is 2.20. The lowest BCUT2D eigenvalue weighted by atomic mass is 9.98. The first-order valence-corrected chi connectivity index (χ1v) is 6.07. The summed E-state index contributed by atoms with van der Waals surface area (Å²) in [7, 11) is 3.51. The number of benzene rings is 1. The molecule has 6 heteroatoms. The molecule has 0 amide bonds. The molecule has 2 rings (SSSR count). The van der Waals surface area contributed by atoms with E-state index in [-0.39, 0.29) is 10.6 Å². The molecule has 1 heterocycles. The zero-order valence-electron chi connectivity index (χ0n) is 11.0. The van der Waals surface area contributed by atoms with E-state index >= 15 is 0 Å². The molecule has 0 aromatic heterocycles. The summed E-state index contributed by atoms with van der Waals surface area (Å²) >= 11 is 0. The highest BCUT2D eigenvalue weighted by molar-refractivity contribution is 5.75. The summed E-state index contributed by atoms with van der Waals surface area (Å²) in [4.78, 5) is 17.8. The van der Waals surface area contributed by atoms with E-state index in [2.05, 4.69) is 16.5 Å². The fourth-order valence-electron chi connectivity index (χ4n) is 2.15. The third kappa shape index (κ3) is 3.10. The maximum absolute atomic E-state index is 11.2. The maximum Gasteiger partial charge on any atom is 0.279 e. The molecule has 1 aliphatic heterocycles. The van der Waals surface area contributed by atoms with Crippen molar-refractivity contribution in [1.82, 2.24) is 4.90 Å². The second-order valence-corrected chi connectivity index (χ2v) is 4.54. The van der Waals surface area contributed by atoms with E-state index < -0.39 is 0 Å². The molecule has 0 aliphatic carbocycles. The number of hydrogen-bond acceptors (Lipinski definition) is 5. The van der Waals surface area contributed by atoms with Gasteiger partial charge in [0.2, 0.25) is 0 Å². The summed E-state index contributed by atoms with van der Waals surface area (Å²) in [6.45, 7) is 1.74. The Balaban J connectivity index is 2.37. The monoisotopic (exact) mass is 263 g/mol. The van der Waals surface area contributed by atoms with Crippen LogP contribution in [0.2, 0.25) is 0 Å². The minimum absolute atomic E-state index is 0.109. The number of anilines is 1. The van der Waals surface area contributed by atoms with Crippen molar-refractivity contribution >= 4 is 16.9 Å². The van der Waals surface area contributed by atoms with Gasteiger partial charge in [0.1, 0.15) is 0 Å². The van der Waals surface area contributed by atoms with Crippen molar-refractivity contribution in [3.63, 3.8) is 0 Å². The molecule has 1 aromatic rings. The Hall–Kier alpha value is -1.92. The molecule has 0 radical (unpaired) electrons. The molecule has 0 atom stereocenters. The van der Waals surface area contributed by atoms with Crippen LogP contribution in [0.1, 0.15) is 12.0 Å². The van der Waals surface area contributed by atoms with Gasteiger partial charge in [0, 0.05) is 19.2 Å². The molecule has 0 fully saturated rings. The Morgan fingerprint density at radius 3 is 2.84 bits per heavy atom. The van der Waals surface area contributed by atoms with Gasteiger partial charge in [-0.15, -0.1) is 0 Å². The number of nitrogens with one attached hydrogen (secondary N) is 1. The molecule has 1 aromatic carbocycles. The van der Waals surface area contributed by atoms with Crippen LogP contribution in [0.25, 0.3) is 5.57 Å². The van der Waals surface area contributed by atoms with E-state index in [4.69, 9.17) is 4.84 Å². The summed E-state index contributed by atoms with van der Waals surface area (Å²) in [5, 5.41) is 11.2. The molecule has 0 saturated carbocycles. The number of nitrogens with zero attached hydrogens (tertiary/aromatic N) is 2. The number of likely N-dealkylation sites (N-methyl/N-ethyl adjacent to an activating group) is 1. The Morgan fingerprint density at radius 2 is 2.26 bits per heavy atom. The average molecular weight is 263 g/mol. The molecule has 0 unspecified atom stereocenters. The standard InChI is InChI=1S/C13H17N3O3/c1-15-7-5-10(6-8-15)12-4-3-11(14-19-2)9-13(12)16(17)18/h3-5,9,14H,6-8H2,1-2H3. The Labute approximate surface area is 111 Å². The fraction of sp³-hybridized carbons (Fsp3) is 0.385. The van der Waals surface area contributed by atoms with E-state index in [1.54, 1.807) is 12.1 Å². The number of nitro benzene ring substituents is 1. The molecule has 6 nitrogen and oxygen atoms in total. The van der Waals surface area contributed by atoms with Gasteiger partial charge in [-0.1, -0.05) is 6.08 Å². The predicted molar refractivity (Wildman–Crippen MR) is 73.8 cm³/mol. The number of nitro groups is 1. The summed E-state index contributed by atoms with van der Waals surface area (Å²) in [6, 6.07) is 5.06. The molecule has 0 bridgehead atoms. The van der Waals surface area contributed by atoms with Gasteiger partial charge in [-0.3, -0.25) is 20.4 Å². The Bertz CT molecular complexity index is 514. The summed E-state index contributed by atoms with van der Waals surface area (Å²) in [5.74, 6) is 0. The first kappa shape index (κ1) is 13.5. The Kier molecular flexibility index (Phi) is 4.13. The summed E-state index contributed by atoms with van der Waals surface area (Å²) in [6.07, 6.45) is 2.88. The van der Waals surface area contributed by atoms with E-state index in [1.165, 1.54) is 13.2 Å². The number of rotatable bonds is 4. The zero-order chi connectivity index (χ0) is 13.8. The average Bonchev–Trinajstić information content (AvgIpc) is 2.40. The third-order valence-corrected chi connectivity index (χ3v) is 3.17. The summed E-state index contributed by atoms with van der Waals surface area (Å²) < 4.78 is 0. The van der Waals surface area contributed by atoms with Crippen molar-refractivity contribution in [2.24, 2.45) is 0 Å². The topological polar surface area (TPSA) is 67.6 Å². The van der Waals surface area contributed by atoms with Gasteiger partial charge in [-0.05, 0) is 31.2 Å². The van der Waals surface area contributed by atoms with Crippen molar-refractivity contribution in [1.29, 1.82) is 0 Å². The largest absolute Gasteiger partial charge is 0.302 e. The van der Waals surface area contributed by atoms with Crippen molar-refractivity contribution in [3.05, 3.63) is 40.0 Å². The van der Waals surface area contributed by atoms with Gasteiger partial charge in [-0.2, -0.15) is 0 Å². The molecule has 102 valence electrons. The highest BCUT2D eigenvalue weighted by atomic mass is 16.6. The van der Waals surface area contributed by atoms with Crippen LogP contribution >= 0.6 is 0 Å². The molecule has 1 aliphatic rings. The summed E-state index contributed by atoms with van der Waals surface area (Å²) in [5.41, 5.74) is 5.02. The van der Waals surface area contributed by atoms with Crippen LogP contribution in [-0.4, -0.2) is 37.1 Å². The van der Waals surface area contributed by atoms with Gasteiger partial charge >= 0.3 is 0 Å². The minimum Gasteiger partial charge on any atom is -0.302 e. The van der Waals surface area contributed by atoms with Crippen LogP contribution in [0.3, 0.4) is 0 Å². The van der Waals surface area contributed by atoms with Crippen LogP contribution in [0.15, 0.2) is 24.3 Å². The Morgan fingerprint density at radius 1 is 1.47 bits per heavy atom. The smallest absolute Gasteiger partial charge is 0.279 e. The first-order valence-electron chi connectivity index (χ1n) is 6.07. The molecule has 1 N–H and O–H groups in total. The van der Waals surface area contributed by atoms with Crippen LogP contribution in [-0.2, 0) is 4.84 Å². The SMILES string of the molecule is CONc1ccc(C2=CCN(C)CC2)c([N+](=O)[O-])c1. The van der Waals surface area contributed by atoms with Gasteiger partial charge in [0.05, 0.1) is 23.3 Å². The van der Waals surface area contributed by atoms with E-state index in [0.29, 0.717) is 11.3 Å². The zero-order valence-corrected chi connectivity index (χ0v) is 11.0. The van der Waals surface area contributed by atoms with Crippen LogP contribution in [0.4, 0.5) is 11.4 Å². The highest BCUT2D eigenvalue weighted by Crippen LogP contribution is 2.32. The second kappa shape index (κ2) is 5.81. The van der Waals surface area contributed by atoms with Crippen LogP contribution < -0.4 is 5.48 Å². The minimum atomic E-state index is -0.352. The quantitative estimate of drug-likeness (QED) is 0.666. The first-order chi connectivity index (χ1) is 9.11. The van der Waals surface area contributed by atoms with E-state index in [9.17, 15) is 10.1 Å². The molecule has 0 saturated heterocycles. The molecular weight excluding hydrogens is 246 g/mol. The van der Waals surface area contributed by atoms with Gasteiger partial charge in [-0.25, -0.2) is 0 Å². The second-order valence-electron chi connectivity index (χ2n) is 4.54. The van der Waals surface area contributed by atoms with Crippen molar-refractivity contribution in [2.75, 3.05) is 32.7 Å². The van der Waals surface area contributed by atoms with Crippen LogP contribution in [0.5, 0.6) is 0 Å². The lowest BCUT2D eigenvalue weighted by Gasteiger charge is -2.22. The lowest BCUT2D eigenvalue weighted by molar-refractivity contribution is -0.385. The molecule has 0 spiro atoms. The number of hydrogen-bond donors (Lipinski definition) is 1. The normalized spacial score (nSPS) is 16.0. The fourth-order valence-corrected chi connectivity index (χ4v) is 2.15. The van der Waals surface area contributed by atoms with Gasteiger partial charge in [0.25, 0.3) is 5.69 Å².